The van der Waals surface area contributed by atoms with E-state index in [1.165, 1.54) is 5.69 Å². The molecular weight excluding hydrogens is 352 g/mol. The van der Waals surface area contributed by atoms with Crippen molar-refractivity contribution < 1.29 is 9.53 Å². The van der Waals surface area contributed by atoms with Crippen molar-refractivity contribution >= 4 is 17.3 Å². The zero-order chi connectivity index (χ0) is 20.1. The normalized spacial score (nSPS) is 15.6. The fourth-order valence-electron chi connectivity index (χ4n) is 3.24. The second-order valence-corrected chi connectivity index (χ2v) is 7.18. The molecule has 1 fully saturated rings. The summed E-state index contributed by atoms with van der Waals surface area (Å²) in [6, 6.07) is 14.8. The van der Waals surface area contributed by atoms with Gasteiger partial charge >= 0.3 is 0 Å². The van der Waals surface area contributed by atoms with Crippen molar-refractivity contribution in [2.45, 2.75) is 20.0 Å². The maximum atomic E-state index is 12.5. The minimum atomic E-state index is -0.648. The van der Waals surface area contributed by atoms with Crippen LogP contribution in [0.4, 0.5) is 11.4 Å². The van der Waals surface area contributed by atoms with Crippen molar-refractivity contribution in [1.29, 1.82) is 5.26 Å². The predicted molar refractivity (Wildman–Crippen MR) is 111 cm³/mol. The van der Waals surface area contributed by atoms with E-state index < -0.39 is 6.10 Å². The minimum absolute atomic E-state index is 0.212. The van der Waals surface area contributed by atoms with Crippen molar-refractivity contribution in [2.75, 3.05) is 43.4 Å². The Kier molecular flexibility index (Phi) is 6.17. The number of hydrogen-bond donors (Lipinski definition) is 1. The highest BCUT2D eigenvalue weighted by molar-refractivity contribution is 5.94. The fraction of sp³-hybridized carbons (Fsp3) is 0.364. The van der Waals surface area contributed by atoms with E-state index in [0.717, 1.165) is 37.4 Å². The number of anilines is 2. The molecule has 2 aromatic carbocycles. The molecule has 1 amide bonds. The fourth-order valence-corrected chi connectivity index (χ4v) is 3.24. The average Bonchev–Trinajstić information content (AvgIpc) is 2.69. The number of carbonyl (C=O) groups is 1. The number of piperazine rings is 1. The van der Waals surface area contributed by atoms with Crippen LogP contribution in [0.25, 0.3) is 0 Å². The standard InChI is InChI=1S/C22H26N4O2/c1-16-14-19(6-9-21(16)26-12-10-25(3)11-13-26)24-22(27)17(2)28-20-7-4-18(15-23)5-8-20/h4-9,14,17H,10-13H2,1-3H3,(H,24,27). The summed E-state index contributed by atoms with van der Waals surface area (Å²) in [6.45, 7) is 7.92. The third-order valence-corrected chi connectivity index (χ3v) is 4.97. The van der Waals surface area contributed by atoms with Gasteiger partial charge in [0.05, 0.1) is 11.6 Å². The van der Waals surface area contributed by atoms with Gasteiger partial charge in [0.15, 0.2) is 6.10 Å². The Morgan fingerprint density at radius 2 is 1.82 bits per heavy atom. The second kappa shape index (κ2) is 8.77. The second-order valence-electron chi connectivity index (χ2n) is 7.18. The zero-order valence-electron chi connectivity index (χ0n) is 16.6. The molecule has 2 aromatic rings. The van der Waals surface area contributed by atoms with Crippen LogP contribution in [-0.4, -0.2) is 50.1 Å². The first-order chi connectivity index (χ1) is 13.5. The Bertz CT molecular complexity index is 865. The van der Waals surface area contributed by atoms with E-state index in [9.17, 15) is 4.79 Å². The van der Waals surface area contributed by atoms with E-state index >= 15 is 0 Å². The van der Waals surface area contributed by atoms with Crippen LogP contribution in [-0.2, 0) is 4.79 Å². The summed E-state index contributed by atoms with van der Waals surface area (Å²) in [5.41, 5.74) is 3.67. The molecule has 0 aliphatic carbocycles. The summed E-state index contributed by atoms with van der Waals surface area (Å²) in [6.07, 6.45) is -0.648. The first-order valence-corrected chi connectivity index (χ1v) is 9.48. The van der Waals surface area contributed by atoms with Crippen molar-refractivity contribution in [3.8, 4) is 11.8 Å². The van der Waals surface area contributed by atoms with Crippen molar-refractivity contribution in [3.63, 3.8) is 0 Å². The minimum Gasteiger partial charge on any atom is -0.481 e. The summed E-state index contributed by atoms with van der Waals surface area (Å²) in [5, 5.41) is 11.8. The first kappa shape index (κ1) is 19.7. The number of rotatable bonds is 5. The number of ether oxygens (including phenoxy) is 1. The Balaban J connectivity index is 1.60. The Hall–Kier alpha value is -3.04. The Labute approximate surface area is 166 Å². The number of nitrogens with one attached hydrogen (secondary N) is 1. The SMILES string of the molecule is Cc1cc(NC(=O)C(C)Oc2ccc(C#N)cc2)ccc1N1CCN(C)CC1. The van der Waals surface area contributed by atoms with Crippen LogP contribution >= 0.6 is 0 Å². The van der Waals surface area contributed by atoms with Crippen molar-refractivity contribution in [3.05, 3.63) is 53.6 Å². The summed E-state index contributed by atoms with van der Waals surface area (Å²) in [5.74, 6) is 0.347. The molecule has 1 aliphatic heterocycles. The smallest absolute Gasteiger partial charge is 0.265 e. The van der Waals surface area contributed by atoms with E-state index in [2.05, 4.69) is 41.2 Å². The van der Waals surface area contributed by atoms with Gasteiger partial charge in [-0.1, -0.05) is 0 Å². The number of likely N-dealkylation sites (N-methyl/N-ethyl adjacent to an activating group) is 1. The van der Waals surface area contributed by atoms with Gasteiger partial charge < -0.3 is 19.9 Å². The monoisotopic (exact) mass is 378 g/mol. The lowest BCUT2D eigenvalue weighted by Crippen LogP contribution is -2.44. The molecule has 0 bridgehead atoms. The average molecular weight is 378 g/mol. The number of benzene rings is 2. The zero-order valence-corrected chi connectivity index (χ0v) is 16.6. The lowest BCUT2D eigenvalue weighted by molar-refractivity contribution is -0.122. The molecule has 1 unspecified atom stereocenters. The number of carbonyl (C=O) groups excluding carboxylic acids is 1. The third kappa shape index (κ3) is 4.81. The van der Waals surface area contributed by atoms with Gasteiger partial charge in [0.2, 0.25) is 0 Å². The highest BCUT2D eigenvalue weighted by atomic mass is 16.5. The number of nitriles is 1. The van der Waals surface area contributed by atoms with E-state index in [4.69, 9.17) is 10.00 Å². The summed E-state index contributed by atoms with van der Waals surface area (Å²) in [7, 11) is 2.14. The van der Waals surface area contributed by atoms with E-state index in [1.54, 1.807) is 31.2 Å². The van der Waals surface area contributed by atoms with Gasteiger partial charge in [0, 0.05) is 37.6 Å². The molecule has 28 heavy (non-hydrogen) atoms. The van der Waals surface area contributed by atoms with Crippen LogP contribution < -0.4 is 15.0 Å². The van der Waals surface area contributed by atoms with Crippen LogP contribution in [0.3, 0.4) is 0 Å². The highest BCUT2D eigenvalue weighted by Gasteiger charge is 2.18. The van der Waals surface area contributed by atoms with Gasteiger partial charge in [-0.2, -0.15) is 5.26 Å². The van der Waals surface area contributed by atoms with Gasteiger partial charge in [-0.25, -0.2) is 0 Å². The lowest BCUT2D eigenvalue weighted by Gasteiger charge is -2.35. The molecular formula is C22H26N4O2. The molecule has 6 heteroatoms. The maximum absolute atomic E-state index is 12.5. The quantitative estimate of drug-likeness (QED) is 0.866. The van der Waals surface area contributed by atoms with Crippen molar-refractivity contribution in [2.24, 2.45) is 0 Å². The summed E-state index contributed by atoms with van der Waals surface area (Å²) in [4.78, 5) is 17.2. The van der Waals surface area contributed by atoms with Gasteiger partial charge in [-0.15, -0.1) is 0 Å². The molecule has 0 spiro atoms. The van der Waals surface area contributed by atoms with E-state index in [-0.39, 0.29) is 5.91 Å². The van der Waals surface area contributed by atoms with E-state index in [1.807, 2.05) is 12.1 Å². The molecule has 3 rings (SSSR count). The Morgan fingerprint density at radius 1 is 1.14 bits per heavy atom. The van der Waals surface area contributed by atoms with Gasteiger partial charge in [0.25, 0.3) is 5.91 Å². The number of amides is 1. The molecule has 146 valence electrons. The molecule has 0 radical (unpaired) electrons. The summed E-state index contributed by atoms with van der Waals surface area (Å²) >= 11 is 0. The number of nitrogens with zero attached hydrogens (tertiary/aromatic N) is 3. The maximum Gasteiger partial charge on any atom is 0.265 e. The van der Waals surface area contributed by atoms with Crippen LogP contribution in [0.1, 0.15) is 18.1 Å². The number of hydrogen-bond acceptors (Lipinski definition) is 5. The molecule has 1 aliphatic rings. The molecule has 1 heterocycles. The Morgan fingerprint density at radius 3 is 2.43 bits per heavy atom. The largest absolute Gasteiger partial charge is 0.481 e. The molecule has 1 saturated heterocycles. The van der Waals surface area contributed by atoms with Gasteiger partial charge in [0.1, 0.15) is 5.75 Å². The third-order valence-electron chi connectivity index (χ3n) is 4.97. The molecule has 1 atom stereocenters. The lowest BCUT2D eigenvalue weighted by atomic mass is 10.1. The molecule has 0 aromatic heterocycles. The van der Waals surface area contributed by atoms with Crippen LogP contribution in [0.2, 0.25) is 0 Å². The van der Waals surface area contributed by atoms with E-state index in [0.29, 0.717) is 11.3 Å². The van der Waals surface area contributed by atoms with Crippen LogP contribution in [0.15, 0.2) is 42.5 Å². The van der Waals surface area contributed by atoms with Gasteiger partial charge in [-0.3, -0.25) is 4.79 Å². The molecule has 0 saturated carbocycles. The molecule has 6 nitrogen and oxygen atoms in total. The topological polar surface area (TPSA) is 68.6 Å². The number of aryl methyl sites for hydroxylation is 1. The highest BCUT2D eigenvalue weighted by Crippen LogP contribution is 2.25. The predicted octanol–water partition coefficient (Wildman–Crippen LogP) is 3.02. The van der Waals surface area contributed by atoms with Gasteiger partial charge in [-0.05, 0) is 68.9 Å². The van der Waals surface area contributed by atoms with Crippen LogP contribution in [0.5, 0.6) is 5.75 Å². The summed E-state index contributed by atoms with van der Waals surface area (Å²) < 4.78 is 5.67. The van der Waals surface area contributed by atoms with Crippen LogP contribution in [0, 0.1) is 18.3 Å². The van der Waals surface area contributed by atoms with Crippen molar-refractivity contribution in [1.82, 2.24) is 4.90 Å². The first-order valence-electron chi connectivity index (χ1n) is 9.48. The molecule has 1 N–H and O–H groups in total.